The van der Waals surface area contributed by atoms with Crippen molar-refractivity contribution in [2.45, 2.75) is 26.7 Å². The zero-order valence-electron chi connectivity index (χ0n) is 11.0. The lowest BCUT2D eigenvalue weighted by atomic mass is 10.0. The van der Waals surface area contributed by atoms with Crippen LogP contribution in [0.1, 0.15) is 25.3 Å². The topological polar surface area (TPSA) is 53.0 Å². The van der Waals surface area contributed by atoms with Crippen LogP contribution in [0.15, 0.2) is 23.2 Å². The lowest BCUT2D eigenvalue weighted by Crippen LogP contribution is -2.41. The number of benzene rings is 1. The molecule has 1 unspecified atom stereocenters. The molecule has 19 heavy (non-hydrogen) atoms. The van der Waals surface area contributed by atoms with Gasteiger partial charge in [-0.2, -0.15) is 0 Å². The Bertz CT molecular complexity index is 594. The molecular formula is C14H15N3O2. The van der Waals surface area contributed by atoms with E-state index in [1.54, 1.807) is 0 Å². The van der Waals surface area contributed by atoms with Gasteiger partial charge in [-0.3, -0.25) is 9.59 Å². The van der Waals surface area contributed by atoms with Crippen molar-refractivity contribution in [1.29, 1.82) is 0 Å². The van der Waals surface area contributed by atoms with Gasteiger partial charge in [-0.1, -0.05) is 19.4 Å². The van der Waals surface area contributed by atoms with E-state index in [0.717, 1.165) is 17.7 Å². The van der Waals surface area contributed by atoms with Crippen molar-refractivity contribution < 1.29 is 9.59 Å². The van der Waals surface area contributed by atoms with Crippen LogP contribution in [-0.4, -0.2) is 23.2 Å². The van der Waals surface area contributed by atoms with Crippen molar-refractivity contribution in [3.63, 3.8) is 0 Å². The average molecular weight is 257 g/mol. The minimum Gasteiger partial charge on any atom is -0.272 e. The summed E-state index contributed by atoms with van der Waals surface area (Å²) < 4.78 is 0. The zero-order valence-corrected chi connectivity index (χ0v) is 11.0. The van der Waals surface area contributed by atoms with Crippen molar-refractivity contribution in [2.24, 2.45) is 10.9 Å². The van der Waals surface area contributed by atoms with Crippen LogP contribution in [0.3, 0.4) is 0 Å². The van der Waals surface area contributed by atoms with Gasteiger partial charge in [-0.15, -0.1) is 0 Å². The molecule has 0 bridgehead atoms. The summed E-state index contributed by atoms with van der Waals surface area (Å²) in [5.41, 5.74) is 2.45. The van der Waals surface area contributed by atoms with E-state index in [4.69, 9.17) is 0 Å². The smallest absolute Gasteiger partial charge is 0.259 e. The normalized spacial score (nSPS) is 20.8. The standard InChI is InChI=1S/C14H15N3O2/c1-3-4-10-13(18)16-8-15-11-6-5-9(2)7-12(11)17(16)14(10)19/h5-8,10H,3-4H2,1-2H3. The quantitative estimate of drug-likeness (QED) is 0.762. The van der Waals surface area contributed by atoms with E-state index < -0.39 is 5.92 Å². The summed E-state index contributed by atoms with van der Waals surface area (Å²) >= 11 is 0. The fourth-order valence-electron chi connectivity index (χ4n) is 2.53. The third-order valence-electron chi connectivity index (χ3n) is 3.49. The van der Waals surface area contributed by atoms with Crippen molar-refractivity contribution in [3.8, 4) is 0 Å². The number of fused-ring (bicyclic) bond motifs is 3. The van der Waals surface area contributed by atoms with Gasteiger partial charge in [0.2, 0.25) is 0 Å². The zero-order chi connectivity index (χ0) is 13.6. The molecule has 0 radical (unpaired) electrons. The third-order valence-corrected chi connectivity index (χ3v) is 3.49. The highest BCUT2D eigenvalue weighted by Crippen LogP contribution is 2.38. The van der Waals surface area contributed by atoms with Crippen molar-refractivity contribution >= 4 is 29.5 Å². The summed E-state index contributed by atoms with van der Waals surface area (Å²) in [4.78, 5) is 28.9. The summed E-state index contributed by atoms with van der Waals surface area (Å²) in [7, 11) is 0. The Morgan fingerprint density at radius 2 is 2.05 bits per heavy atom. The molecule has 3 rings (SSSR count). The molecule has 1 aromatic carbocycles. The molecule has 2 aliphatic heterocycles. The Balaban J connectivity index is 2.08. The number of hydrazine groups is 1. The summed E-state index contributed by atoms with van der Waals surface area (Å²) in [6, 6.07) is 5.69. The molecule has 1 atom stereocenters. The molecule has 98 valence electrons. The first-order valence-corrected chi connectivity index (χ1v) is 6.45. The van der Waals surface area contributed by atoms with Gasteiger partial charge in [0.05, 0.1) is 11.4 Å². The number of hydrogen-bond acceptors (Lipinski definition) is 3. The van der Waals surface area contributed by atoms with Crippen LogP contribution in [0.25, 0.3) is 0 Å². The molecule has 2 aliphatic rings. The predicted molar refractivity (Wildman–Crippen MR) is 72.1 cm³/mol. The number of anilines is 1. The van der Waals surface area contributed by atoms with Gasteiger partial charge in [0.1, 0.15) is 12.3 Å². The van der Waals surface area contributed by atoms with E-state index in [1.807, 2.05) is 32.0 Å². The number of amides is 2. The number of rotatable bonds is 2. The first-order valence-electron chi connectivity index (χ1n) is 6.45. The minimum atomic E-state index is -0.567. The fraction of sp³-hybridized carbons (Fsp3) is 0.357. The van der Waals surface area contributed by atoms with Gasteiger partial charge in [0, 0.05) is 0 Å². The number of carbonyl (C=O) groups is 2. The van der Waals surface area contributed by atoms with Crippen LogP contribution >= 0.6 is 0 Å². The van der Waals surface area contributed by atoms with Crippen LogP contribution in [0.2, 0.25) is 0 Å². The largest absolute Gasteiger partial charge is 0.272 e. The molecule has 5 heteroatoms. The van der Waals surface area contributed by atoms with Gasteiger partial charge in [0.25, 0.3) is 11.8 Å². The number of hydrogen-bond donors (Lipinski definition) is 0. The second-order valence-corrected chi connectivity index (χ2v) is 4.91. The van der Waals surface area contributed by atoms with Gasteiger partial charge in [0.15, 0.2) is 0 Å². The fourth-order valence-corrected chi connectivity index (χ4v) is 2.53. The maximum Gasteiger partial charge on any atom is 0.259 e. The molecule has 1 fully saturated rings. The van der Waals surface area contributed by atoms with E-state index in [1.165, 1.54) is 16.4 Å². The van der Waals surface area contributed by atoms with Crippen molar-refractivity contribution in [2.75, 3.05) is 5.01 Å². The summed E-state index contributed by atoms with van der Waals surface area (Å²) in [6.45, 7) is 3.92. The Hall–Kier alpha value is -2.17. The molecule has 0 spiro atoms. The maximum absolute atomic E-state index is 12.4. The molecule has 0 saturated carbocycles. The molecular weight excluding hydrogens is 242 g/mol. The van der Waals surface area contributed by atoms with E-state index in [0.29, 0.717) is 12.1 Å². The molecule has 0 aromatic heterocycles. The summed E-state index contributed by atoms with van der Waals surface area (Å²) in [5, 5.41) is 2.79. The molecule has 0 aliphatic carbocycles. The van der Waals surface area contributed by atoms with E-state index in [9.17, 15) is 9.59 Å². The molecule has 2 amide bonds. The highest BCUT2D eigenvalue weighted by molar-refractivity contribution is 6.20. The van der Waals surface area contributed by atoms with Crippen LogP contribution in [-0.2, 0) is 9.59 Å². The number of aliphatic imine (C=N–C) groups is 1. The average Bonchev–Trinajstić information content (AvgIpc) is 2.64. The second-order valence-electron chi connectivity index (χ2n) is 4.91. The Morgan fingerprint density at radius 1 is 1.26 bits per heavy atom. The molecule has 2 heterocycles. The van der Waals surface area contributed by atoms with Crippen LogP contribution in [0.5, 0.6) is 0 Å². The second kappa shape index (κ2) is 4.19. The van der Waals surface area contributed by atoms with E-state index in [-0.39, 0.29) is 11.8 Å². The van der Waals surface area contributed by atoms with Gasteiger partial charge < -0.3 is 0 Å². The Morgan fingerprint density at radius 3 is 2.79 bits per heavy atom. The summed E-state index contributed by atoms with van der Waals surface area (Å²) in [6.07, 6.45) is 2.83. The lowest BCUT2D eigenvalue weighted by molar-refractivity contribution is -0.130. The SMILES string of the molecule is CCCC1C(=O)N2C=Nc3ccc(C)cc3N2C1=O. The molecule has 0 N–H and O–H groups in total. The van der Waals surface area contributed by atoms with Crippen LogP contribution < -0.4 is 5.01 Å². The number of carbonyl (C=O) groups excluding carboxylic acids is 2. The van der Waals surface area contributed by atoms with Gasteiger partial charge >= 0.3 is 0 Å². The molecule has 1 aromatic rings. The maximum atomic E-state index is 12.4. The monoisotopic (exact) mass is 257 g/mol. The Labute approximate surface area is 111 Å². The highest BCUT2D eigenvalue weighted by atomic mass is 16.2. The van der Waals surface area contributed by atoms with Gasteiger partial charge in [-0.05, 0) is 31.0 Å². The predicted octanol–water partition coefficient (Wildman–Crippen LogP) is 2.17. The summed E-state index contributed by atoms with van der Waals surface area (Å²) in [5.74, 6) is -0.893. The Kier molecular flexibility index (Phi) is 2.62. The minimum absolute atomic E-state index is 0.148. The van der Waals surface area contributed by atoms with Crippen LogP contribution in [0, 0.1) is 12.8 Å². The molecule has 1 saturated heterocycles. The molecule has 5 nitrogen and oxygen atoms in total. The van der Waals surface area contributed by atoms with Crippen molar-refractivity contribution in [3.05, 3.63) is 23.8 Å². The van der Waals surface area contributed by atoms with Gasteiger partial charge in [-0.25, -0.2) is 15.0 Å². The van der Waals surface area contributed by atoms with Crippen molar-refractivity contribution in [1.82, 2.24) is 5.01 Å². The number of nitrogens with zero attached hydrogens (tertiary/aromatic N) is 3. The third kappa shape index (κ3) is 1.65. The van der Waals surface area contributed by atoms with E-state index >= 15 is 0 Å². The van der Waals surface area contributed by atoms with Crippen LogP contribution in [0.4, 0.5) is 11.4 Å². The lowest BCUT2D eigenvalue weighted by Gasteiger charge is -2.28. The number of aryl methyl sites for hydroxylation is 1. The first kappa shape index (κ1) is 11.9. The first-order chi connectivity index (χ1) is 9.13. The van der Waals surface area contributed by atoms with E-state index in [2.05, 4.69) is 4.99 Å². The highest BCUT2D eigenvalue weighted by Gasteiger charge is 2.47.